The number of guanidine groups is 1. The van der Waals surface area contributed by atoms with E-state index < -0.39 is 0 Å². The Labute approximate surface area is 121 Å². The summed E-state index contributed by atoms with van der Waals surface area (Å²) in [4.78, 5) is 4.54. The van der Waals surface area contributed by atoms with Gasteiger partial charge in [0.05, 0.1) is 12.9 Å². The Balaban J connectivity index is 2.26. The Hall–Kier alpha value is -1.49. The number of rotatable bonds is 10. The van der Waals surface area contributed by atoms with E-state index in [9.17, 15) is 0 Å². The number of aliphatic imine (C=N–C) groups is 1. The minimum atomic E-state index is 0.698. The minimum absolute atomic E-state index is 0.698. The summed E-state index contributed by atoms with van der Waals surface area (Å²) in [6.07, 6.45) is 4.82. The van der Waals surface area contributed by atoms with Crippen molar-refractivity contribution in [2.24, 2.45) is 4.99 Å². The van der Waals surface area contributed by atoms with Crippen LogP contribution in [0, 0.1) is 0 Å². The molecule has 5 nitrogen and oxygen atoms in total. The predicted molar refractivity (Wildman–Crippen MR) is 82.1 cm³/mol. The fourth-order valence-electron chi connectivity index (χ4n) is 1.67. The number of ether oxygens (including phenoxy) is 1. The molecule has 0 saturated heterocycles. The van der Waals surface area contributed by atoms with Crippen LogP contribution in [0.15, 0.2) is 27.8 Å². The molecule has 0 radical (unpaired) electrons. The lowest BCUT2D eigenvalue weighted by atomic mass is 10.3. The summed E-state index contributed by atoms with van der Waals surface area (Å²) in [6, 6.07) is 3.89. The van der Waals surface area contributed by atoms with Crippen molar-refractivity contribution in [3.8, 4) is 0 Å². The van der Waals surface area contributed by atoms with Crippen LogP contribution in [0.4, 0.5) is 0 Å². The van der Waals surface area contributed by atoms with Crippen molar-refractivity contribution in [1.82, 2.24) is 10.6 Å². The van der Waals surface area contributed by atoms with E-state index >= 15 is 0 Å². The summed E-state index contributed by atoms with van der Waals surface area (Å²) in [5, 5.41) is 6.59. The van der Waals surface area contributed by atoms with Crippen molar-refractivity contribution >= 4 is 5.96 Å². The number of unbranched alkanes of at least 4 members (excludes halogenated alkanes) is 1. The van der Waals surface area contributed by atoms with Crippen molar-refractivity contribution in [2.45, 2.75) is 33.1 Å². The molecule has 1 heterocycles. The van der Waals surface area contributed by atoms with Crippen LogP contribution in [0.1, 0.15) is 32.4 Å². The Morgan fingerprint density at radius 2 is 2.15 bits per heavy atom. The van der Waals surface area contributed by atoms with E-state index in [1.165, 1.54) is 0 Å². The molecule has 0 unspecified atom stereocenters. The lowest BCUT2D eigenvalue weighted by Gasteiger charge is -2.12. The minimum Gasteiger partial charge on any atom is -0.469 e. The maximum absolute atomic E-state index is 5.31. The van der Waals surface area contributed by atoms with Gasteiger partial charge in [0, 0.05) is 32.7 Å². The van der Waals surface area contributed by atoms with E-state index in [1.807, 2.05) is 19.1 Å². The number of hydrogen-bond acceptors (Lipinski definition) is 3. The third-order valence-electron chi connectivity index (χ3n) is 2.77. The van der Waals surface area contributed by atoms with Gasteiger partial charge in [0.25, 0.3) is 0 Å². The zero-order valence-corrected chi connectivity index (χ0v) is 12.7. The second kappa shape index (κ2) is 11.3. The van der Waals surface area contributed by atoms with E-state index in [4.69, 9.17) is 9.15 Å². The van der Waals surface area contributed by atoms with Gasteiger partial charge >= 0.3 is 0 Å². The van der Waals surface area contributed by atoms with E-state index in [0.29, 0.717) is 6.61 Å². The second-order valence-corrected chi connectivity index (χ2v) is 4.46. The van der Waals surface area contributed by atoms with Gasteiger partial charge in [0.1, 0.15) is 5.76 Å². The summed E-state index contributed by atoms with van der Waals surface area (Å²) in [7, 11) is 0. The van der Waals surface area contributed by atoms with Gasteiger partial charge in [-0.15, -0.1) is 0 Å². The number of nitrogens with zero attached hydrogens (tertiary/aromatic N) is 1. The van der Waals surface area contributed by atoms with Crippen molar-refractivity contribution in [3.05, 3.63) is 24.2 Å². The molecule has 0 aliphatic rings. The average molecular weight is 281 g/mol. The maximum atomic E-state index is 5.31. The van der Waals surface area contributed by atoms with Gasteiger partial charge in [-0.25, -0.2) is 0 Å². The SMILES string of the molecule is CCCCN=C(NCCOCC)NCCc1ccco1. The lowest BCUT2D eigenvalue weighted by Crippen LogP contribution is -2.40. The zero-order chi connectivity index (χ0) is 14.5. The van der Waals surface area contributed by atoms with Crippen LogP contribution in [0.5, 0.6) is 0 Å². The molecule has 0 amide bonds. The summed E-state index contributed by atoms with van der Waals surface area (Å²) < 4.78 is 10.6. The monoisotopic (exact) mass is 281 g/mol. The number of furan rings is 1. The van der Waals surface area contributed by atoms with Gasteiger partial charge in [-0.1, -0.05) is 13.3 Å². The van der Waals surface area contributed by atoms with Crippen LogP contribution in [-0.4, -0.2) is 38.8 Å². The molecule has 1 rings (SSSR count). The molecule has 0 atom stereocenters. The third kappa shape index (κ3) is 7.84. The first kappa shape index (κ1) is 16.6. The summed E-state index contributed by atoms with van der Waals surface area (Å²) >= 11 is 0. The van der Waals surface area contributed by atoms with E-state index in [0.717, 1.165) is 57.2 Å². The molecule has 20 heavy (non-hydrogen) atoms. The van der Waals surface area contributed by atoms with E-state index in [-0.39, 0.29) is 0 Å². The first-order valence-electron chi connectivity index (χ1n) is 7.49. The van der Waals surface area contributed by atoms with Gasteiger partial charge in [0.2, 0.25) is 0 Å². The third-order valence-corrected chi connectivity index (χ3v) is 2.77. The first-order chi connectivity index (χ1) is 9.86. The second-order valence-electron chi connectivity index (χ2n) is 4.46. The van der Waals surface area contributed by atoms with Gasteiger partial charge in [-0.3, -0.25) is 4.99 Å². The molecular formula is C15H27N3O2. The summed E-state index contributed by atoms with van der Waals surface area (Å²) in [5.41, 5.74) is 0. The average Bonchev–Trinajstić information content (AvgIpc) is 2.96. The molecule has 1 aromatic rings. The van der Waals surface area contributed by atoms with Crippen molar-refractivity contribution < 1.29 is 9.15 Å². The molecule has 0 aliphatic carbocycles. The molecule has 2 N–H and O–H groups in total. The Kier molecular flexibility index (Phi) is 9.40. The van der Waals surface area contributed by atoms with Crippen LogP contribution in [0.3, 0.4) is 0 Å². The largest absolute Gasteiger partial charge is 0.469 e. The van der Waals surface area contributed by atoms with Gasteiger partial charge in [-0.05, 0) is 25.5 Å². The fourth-order valence-corrected chi connectivity index (χ4v) is 1.67. The highest BCUT2D eigenvalue weighted by Gasteiger charge is 1.99. The first-order valence-corrected chi connectivity index (χ1v) is 7.49. The lowest BCUT2D eigenvalue weighted by molar-refractivity contribution is 0.152. The number of nitrogens with one attached hydrogen (secondary N) is 2. The highest BCUT2D eigenvalue weighted by molar-refractivity contribution is 5.79. The standard InChI is InChI=1S/C15H27N3O2/c1-3-5-9-16-15(18-11-13-19-4-2)17-10-8-14-7-6-12-20-14/h6-7,12H,3-5,8-11,13H2,1-2H3,(H2,16,17,18). The summed E-state index contributed by atoms with van der Waals surface area (Å²) in [6.45, 7) is 8.03. The topological polar surface area (TPSA) is 58.8 Å². The van der Waals surface area contributed by atoms with Crippen LogP contribution >= 0.6 is 0 Å². The quantitative estimate of drug-likeness (QED) is 0.392. The van der Waals surface area contributed by atoms with Crippen LogP contribution < -0.4 is 10.6 Å². The fraction of sp³-hybridized carbons (Fsp3) is 0.667. The van der Waals surface area contributed by atoms with Gasteiger partial charge in [0.15, 0.2) is 5.96 Å². The molecule has 5 heteroatoms. The van der Waals surface area contributed by atoms with E-state index in [2.05, 4.69) is 22.5 Å². The van der Waals surface area contributed by atoms with Crippen LogP contribution in [-0.2, 0) is 11.2 Å². The molecule has 0 bridgehead atoms. The molecule has 0 aliphatic heterocycles. The Morgan fingerprint density at radius 1 is 1.30 bits per heavy atom. The zero-order valence-electron chi connectivity index (χ0n) is 12.7. The van der Waals surface area contributed by atoms with Crippen molar-refractivity contribution in [1.29, 1.82) is 0 Å². The molecular weight excluding hydrogens is 254 g/mol. The van der Waals surface area contributed by atoms with Gasteiger partial charge in [-0.2, -0.15) is 0 Å². The highest BCUT2D eigenvalue weighted by Crippen LogP contribution is 1.99. The molecule has 0 aromatic carbocycles. The van der Waals surface area contributed by atoms with Crippen molar-refractivity contribution in [3.63, 3.8) is 0 Å². The molecule has 0 saturated carbocycles. The van der Waals surface area contributed by atoms with E-state index in [1.54, 1.807) is 6.26 Å². The van der Waals surface area contributed by atoms with Crippen LogP contribution in [0.2, 0.25) is 0 Å². The molecule has 0 fully saturated rings. The summed E-state index contributed by atoms with van der Waals surface area (Å²) in [5.74, 6) is 1.84. The Morgan fingerprint density at radius 3 is 2.85 bits per heavy atom. The van der Waals surface area contributed by atoms with Crippen molar-refractivity contribution in [2.75, 3.05) is 32.8 Å². The van der Waals surface area contributed by atoms with Crippen LogP contribution in [0.25, 0.3) is 0 Å². The smallest absolute Gasteiger partial charge is 0.191 e. The normalized spacial score (nSPS) is 11.6. The molecule has 0 spiro atoms. The maximum Gasteiger partial charge on any atom is 0.191 e. The molecule has 1 aromatic heterocycles. The number of hydrogen-bond donors (Lipinski definition) is 2. The molecule has 114 valence electrons. The Bertz CT molecular complexity index is 350. The van der Waals surface area contributed by atoms with Gasteiger partial charge < -0.3 is 19.8 Å². The highest BCUT2D eigenvalue weighted by atomic mass is 16.5. The predicted octanol–water partition coefficient (Wildman–Crippen LogP) is 2.19.